The van der Waals surface area contributed by atoms with Crippen LogP contribution in [0.1, 0.15) is 18.1 Å². The molecule has 41 heavy (non-hydrogen) atoms. The number of carbonyl (C=O) groups is 2. The van der Waals surface area contributed by atoms with E-state index >= 15 is 0 Å². The molecule has 0 spiro atoms. The van der Waals surface area contributed by atoms with Crippen LogP contribution in [-0.2, 0) is 32.6 Å². The van der Waals surface area contributed by atoms with E-state index in [1.807, 2.05) is 67.6 Å². The molecule has 0 heterocycles. The Balaban J connectivity index is 1.78. The summed E-state index contributed by atoms with van der Waals surface area (Å²) in [6, 6.07) is 32.1. The van der Waals surface area contributed by atoms with Crippen LogP contribution in [0.25, 0.3) is 0 Å². The maximum Gasteiger partial charge on any atom is 0.264 e. The normalized spacial score (nSPS) is 11.9. The van der Waals surface area contributed by atoms with Gasteiger partial charge in [0.15, 0.2) is 0 Å². The fraction of sp³-hybridized carbons (Fsp3) is 0.188. The number of hydrogen-bond acceptors (Lipinski definition) is 4. The molecule has 4 aromatic carbocycles. The van der Waals surface area contributed by atoms with Crippen LogP contribution >= 0.6 is 11.6 Å². The van der Waals surface area contributed by atoms with Gasteiger partial charge in [-0.2, -0.15) is 0 Å². The summed E-state index contributed by atoms with van der Waals surface area (Å²) < 4.78 is 28.8. The lowest BCUT2D eigenvalue weighted by atomic mass is 10.0. The Kier molecular flexibility index (Phi) is 10.2. The van der Waals surface area contributed by atoms with Crippen molar-refractivity contribution in [3.05, 3.63) is 131 Å². The number of anilines is 1. The van der Waals surface area contributed by atoms with Crippen molar-refractivity contribution >= 4 is 39.1 Å². The predicted octanol–water partition coefficient (Wildman–Crippen LogP) is 5.31. The summed E-state index contributed by atoms with van der Waals surface area (Å²) in [5, 5.41) is 3.18. The first-order valence-electron chi connectivity index (χ1n) is 13.3. The molecular formula is C32H32ClN3O4S. The van der Waals surface area contributed by atoms with Crippen molar-refractivity contribution in [2.75, 3.05) is 17.4 Å². The van der Waals surface area contributed by atoms with E-state index in [0.717, 1.165) is 15.4 Å². The third kappa shape index (κ3) is 7.74. The highest BCUT2D eigenvalue weighted by atomic mass is 35.5. The number of carbonyl (C=O) groups excluding carboxylic acids is 2. The Morgan fingerprint density at radius 2 is 1.39 bits per heavy atom. The number of benzene rings is 4. The quantitative estimate of drug-likeness (QED) is 0.243. The zero-order chi connectivity index (χ0) is 29.2. The van der Waals surface area contributed by atoms with Crippen LogP contribution in [0.15, 0.2) is 120 Å². The molecule has 0 saturated heterocycles. The topological polar surface area (TPSA) is 86.8 Å². The Hall–Kier alpha value is -4.14. The molecule has 212 valence electrons. The Labute approximate surface area is 246 Å². The van der Waals surface area contributed by atoms with Gasteiger partial charge in [-0.3, -0.25) is 13.9 Å². The molecule has 0 aliphatic carbocycles. The fourth-order valence-corrected chi connectivity index (χ4v) is 6.12. The minimum absolute atomic E-state index is 0.0342. The van der Waals surface area contributed by atoms with Crippen molar-refractivity contribution in [2.45, 2.75) is 30.8 Å². The molecule has 0 saturated carbocycles. The van der Waals surface area contributed by atoms with Gasteiger partial charge < -0.3 is 10.2 Å². The molecule has 4 rings (SSSR count). The Bertz CT molecular complexity index is 1550. The van der Waals surface area contributed by atoms with Gasteiger partial charge in [0, 0.05) is 24.5 Å². The minimum atomic E-state index is -4.16. The Morgan fingerprint density at radius 3 is 1.98 bits per heavy atom. The largest absolute Gasteiger partial charge is 0.355 e. The Morgan fingerprint density at radius 1 is 0.805 bits per heavy atom. The summed E-state index contributed by atoms with van der Waals surface area (Å²) in [7, 11) is -4.16. The fourth-order valence-electron chi connectivity index (χ4n) is 4.51. The van der Waals surface area contributed by atoms with Crippen LogP contribution < -0.4 is 9.62 Å². The third-order valence-electron chi connectivity index (χ3n) is 6.52. The second-order valence-corrected chi connectivity index (χ2v) is 11.7. The minimum Gasteiger partial charge on any atom is -0.355 e. The summed E-state index contributed by atoms with van der Waals surface area (Å²) in [5.41, 5.74) is 1.92. The van der Waals surface area contributed by atoms with Gasteiger partial charge in [-0.05, 0) is 48.4 Å². The number of nitrogens with zero attached hydrogens (tertiary/aromatic N) is 2. The number of likely N-dealkylation sites (N-methyl/N-ethyl adjacent to an activating group) is 1. The zero-order valence-corrected chi connectivity index (χ0v) is 24.3. The molecule has 4 aromatic rings. The SMILES string of the molecule is CCNC(=O)C(Cc1ccccc1)N(Cc1ccccc1)C(=O)CN(c1cccc(Cl)c1)S(=O)(=O)c1ccccc1. The van der Waals surface area contributed by atoms with E-state index in [0.29, 0.717) is 11.6 Å². The van der Waals surface area contributed by atoms with E-state index < -0.39 is 28.5 Å². The van der Waals surface area contributed by atoms with E-state index in [2.05, 4.69) is 5.32 Å². The monoisotopic (exact) mass is 589 g/mol. The lowest BCUT2D eigenvalue weighted by Crippen LogP contribution is -2.53. The van der Waals surface area contributed by atoms with Crippen molar-refractivity contribution in [3.63, 3.8) is 0 Å². The molecule has 0 fully saturated rings. The lowest BCUT2D eigenvalue weighted by Gasteiger charge is -2.33. The van der Waals surface area contributed by atoms with Gasteiger partial charge in [0.05, 0.1) is 10.6 Å². The number of halogens is 1. The summed E-state index contributed by atoms with van der Waals surface area (Å²) in [6.45, 7) is 1.78. The molecule has 0 aromatic heterocycles. The maximum atomic E-state index is 14.2. The second-order valence-electron chi connectivity index (χ2n) is 9.41. The molecule has 2 amide bonds. The molecule has 0 bridgehead atoms. The van der Waals surface area contributed by atoms with Crippen molar-refractivity contribution in [1.29, 1.82) is 0 Å². The van der Waals surface area contributed by atoms with Crippen molar-refractivity contribution < 1.29 is 18.0 Å². The zero-order valence-electron chi connectivity index (χ0n) is 22.7. The number of rotatable bonds is 12. The van der Waals surface area contributed by atoms with Gasteiger partial charge >= 0.3 is 0 Å². The molecular weight excluding hydrogens is 558 g/mol. The number of amides is 2. The highest BCUT2D eigenvalue weighted by Crippen LogP contribution is 2.27. The van der Waals surface area contributed by atoms with Gasteiger partial charge in [0.1, 0.15) is 12.6 Å². The smallest absolute Gasteiger partial charge is 0.264 e. The van der Waals surface area contributed by atoms with Crippen molar-refractivity contribution in [1.82, 2.24) is 10.2 Å². The maximum absolute atomic E-state index is 14.2. The van der Waals surface area contributed by atoms with Crippen LogP contribution in [0.3, 0.4) is 0 Å². The molecule has 7 nitrogen and oxygen atoms in total. The standard InChI is InChI=1S/C32H32ClN3O4S/c1-2-34-32(38)30(21-25-13-6-3-7-14-25)35(23-26-15-8-4-9-16-26)31(37)24-36(28-18-12-17-27(33)22-28)41(39,40)29-19-10-5-11-20-29/h3-20,22,30H,2,21,23-24H2,1H3,(H,34,38). The van der Waals surface area contributed by atoms with Gasteiger partial charge in [0.25, 0.3) is 10.0 Å². The summed E-state index contributed by atoms with van der Waals surface area (Å²) in [6.07, 6.45) is 0.258. The second kappa shape index (κ2) is 14.0. The summed E-state index contributed by atoms with van der Waals surface area (Å²) in [4.78, 5) is 29.2. The summed E-state index contributed by atoms with van der Waals surface area (Å²) in [5.74, 6) is -0.846. The average Bonchev–Trinajstić information content (AvgIpc) is 2.99. The number of sulfonamides is 1. The van der Waals surface area contributed by atoms with Crippen LogP contribution in [0.2, 0.25) is 5.02 Å². The van der Waals surface area contributed by atoms with Gasteiger partial charge in [-0.15, -0.1) is 0 Å². The average molecular weight is 590 g/mol. The predicted molar refractivity (Wildman–Crippen MR) is 162 cm³/mol. The molecule has 1 N–H and O–H groups in total. The lowest BCUT2D eigenvalue weighted by molar-refractivity contribution is -0.140. The molecule has 0 aliphatic heterocycles. The van der Waals surface area contributed by atoms with Crippen LogP contribution in [-0.4, -0.2) is 44.3 Å². The van der Waals surface area contributed by atoms with E-state index in [1.165, 1.54) is 23.1 Å². The first kappa shape index (κ1) is 29.8. The number of nitrogens with one attached hydrogen (secondary N) is 1. The van der Waals surface area contributed by atoms with Gasteiger partial charge in [-0.25, -0.2) is 8.42 Å². The number of hydrogen-bond donors (Lipinski definition) is 1. The van der Waals surface area contributed by atoms with Crippen LogP contribution in [0.4, 0.5) is 5.69 Å². The van der Waals surface area contributed by atoms with Crippen molar-refractivity contribution in [2.24, 2.45) is 0 Å². The van der Waals surface area contributed by atoms with Gasteiger partial charge in [0.2, 0.25) is 11.8 Å². The van der Waals surface area contributed by atoms with E-state index in [1.54, 1.807) is 36.4 Å². The van der Waals surface area contributed by atoms with Crippen molar-refractivity contribution in [3.8, 4) is 0 Å². The molecule has 0 aliphatic rings. The molecule has 1 unspecified atom stereocenters. The summed E-state index contributed by atoms with van der Waals surface area (Å²) >= 11 is 6.24. The van der Waals surface area contributed by atoms with Gasteiger partial charge in [-0.1, -0.05) is 96.5 Å². The highest BCUT2D eigenvalue weighted by Gasteiger charge is 2.34. The molecule has 9 heteroatoms. The van der Waals surface area contributed by atoms with Crippen LogP contribution in [0.5, 0.6) is 0 Å². The first-order chi connectivity index (χ1) is 19.8. The van der Waals surface area contributed by atoms with E-state index in [-0.39, 0.29) is 29.5 Å². The first-order valence-corrected chi connectivity index (χ1v) is 15.1. The molecule has 1 atom stereocenters. The highest BCUT2D eigenvalue weighted by molar-refractivity contribution is 7.92. The van der Waals surface area contributed by atoms with E-state index in [9.17, 15) is 18.0 Å². The van der Waals surface area contributed by atoms with E-state index in [4.69, 9.17) is 11.6 Å². The third-order valence-corrected chi connectivity index (χ3v) is 8.55. The molecule has 0 radical (unpaired) electrons. The van der Waals surface area contributed by atoms with Crippen LogP contribution in [0, 0.1) is 0 Å².